The van der Waals surface area contributed by atoms with Crippen LogP contribution in [0.3, 0.4) is 0 Å². The van der Waals surface area contributed by atoms with Crippen molar-refractivity contribution >= 4 is 32.9 Å². The van der Waals surface area contributed by atoms with E-state index in [1.807, 2.05) is 24.3 Å². The van der Waals surface area contributed by atoms with Crippen molar-refractivity contribution in [3.63, 3.8) is 0 Å². The quantitative estimate of drug-likeness (QED) is 0.658. The first-order valence-corrected chi connectivity index (χ1v) is 9.37. The Labute approximate surface area is 146 Å². The molecule has 0 spiro atoms. The van der Waals surface area contributed by atoms with Gasteiger partial charge in [-0.1, -0.05) is 42.5 Å². The smallest absolute Gasteiger partial charge is 0.245 e. The van der Waals surface area contributed by atoms with Gasteiger partial charge < -0.3 is 0 Å². The molecule has 0 unspecified atom stereocenters. The standard InChI is InChI=1S/C18H16ClNO3S/c19-18(21)9-8-13-4-3-7-17(10-13)24(22,23)20-16-11-14-5-1-2-6-15(14)12-16/h1-10,16,20H,11-12H2/b9-8+. The van der Waals surface area contributed by atoms with Crippen LogP contribution in [0.25, 0.3) is 6.08 Å². The van der Waals surface area contributed by atoms with Crippen LogP contribution in [0.15, 0.2) is 59.5 Å². The van der Waals surface area contributed by atoms with E-state index in [0.717, 1.165) is 0 Å². The van der Waals surface area contributed by atoms with E-state index >= 15 is 0 Å². The van der Waals surface area contributed by atoms with Crippen LogP contribution in [0.4, 0.5) is 0 Å². The van der Waals surface area contributed by atoms with Gasteiger partial charge in [-0.3, -0.25) is 4.79 Å². The van der Waals surface area contributed by atoms with Gasteiger partial charge in [-0.25, -0.2) is 13.1 Å². The third-order valence-electron chi connectivity index (χ3n) is 3.95. The van der Waals surface area contributed by atoms with Gasteiger partial charge >= 0.3 is 0 Å². The fourth-order valence-electron chi connectivity index (χ4n) is 2.88. The van der Waals surface area contributed by atoms with Gasteiger partial charge in [-0.15, -0.1) is 0 Å². The lowest BCUT2D eigenvalue weighted by atomic mass is 10.1. The normalized spacial score (nSPS) is 14.9. The summed E-state index contributed by atoms with van der Waals surface area (Å²) in [5.41, 5.74) is 2.96. The summed E-state index contributed by atoms with van der Waals surface area (Å²) >= 11 is 5.26. The lowest BCUT2D eigenvalue weighted by Gasteiger charge is -2.13. The maximum atomic E-state index is 12.6. The molecule has 124 valence electrons. The Kier molecular flexibility index (Phi) is 4.85. The number of halogens is 1. The van der Waals surface area contributed by atoms with Crippen molar-refractivity contribution < 1.29 is 13.2 Å². The molecule has 4 nitrogen and oxygen atoms in total. The van der Waals surface area contributed by atoms with Crippen LogP contribution in [-0.4, -0.2) is 19.7 Å². The third-order valence-corrected chi connectivity index (χ3v) is 5.59. The molecule has 1 aliphatic carbocycles. The zero-order chi connectivity index (χ0) is 17.2. The summed E-state index contributed by atoms with van der Waals surface area (Å²) in [5, 5.41) is -0.606. The maximum Gasteiger partial charge on any atom is 0.245 e. The van der Waals surface area contributed by atoms with Crippen molar-refractivity contribution in [2.75, 3.05) is 0 Å². The highest BCUT2D eigenvalue weighted by atomic mass is 35.5. The highest BCUT2D eigenvalue weighted by Gasteiger charge is 2.26. The van der Waals surface area contributed by atoms with Crippen LogP contribution in [0, 0.1) is 0 Å². The average molecular weight is 362 g/mol. The molecule has 3 rings (SSSR count). The average Bonchev–Trinajstić information content (AvgIpc) is 2.94. The number of hydrogen-bond donors (Lipinski definition) is 1. The molecule has 0 bridgehead atoms. The molecule has 0 aliphatic heterocycles. The molecule has 0 saturated heterocycles. The molecule has 2 aromatic carbocycles. The molecule has 6 heteroatoms. The van der Waals surface area contributed by atoms with E-state index in [4.69, 9.17) is 11.6 Å². The second-order valence-corrected chi connectivity index (χ2v) is 7.79. The van der Waals surface area contributed by atoms with E-state index < -0.39 is 15.3 Å². The van der Waals surface area contributed by atoms with Gasteiger partial charge in [0.05, 0.1) is 4.90 Å². The highest BCUT2D eigenvalue weighted by Crippen LogP contribution is 2.23. The predicted molar refractivity (Wildman–Crippen MR) is 94.3 cm³/mol. The summed E-state index contributed by atoms with van der Waals surface area (Å²) in [6.45, 7) is 0. The monoisotopic (exact) mass is 361 g/mol. The number of fused-ring (bicyclic) bond motifs is 1. The van der Waals surface area contributed by atoms with E-state index in [9.17, 15) is 13.2 Å². The van der Waals surface area contributed by atoms with Gasteiger partial charge in [-0.05, 0) is 59.3 Å². The first-order chi connectivity index (χ1) is 11.4. The van der Waals surface area contributed by atoms with Crippen LogP contribution in [-0.2, 0) is 27.7 Å². The Bertz CT molecular complexity index is 881. The minimum Gasteiger partial charge on any atom is -0.276 e. The van der Waals surface area contributed by atoms with Gasteiger partial charge in [0.1, 0.15) is 0 Å². The van der Waals surface area contributed by atoms with Gasteiger partial charge in [0.15, 0.2) is 0 Å². The molecule has 24 heavy (non-hydrogen) atoms. The largest absolute Gasteiger partial charge is 0.276 e. The molecule has 0 fully saturated rings. The van der Waals surface area contributed by atoms with Crippen LogP contribution in [0.1, 0.15) is 16.7 Å². The zero-order valence-electron chi connectivity index (χ0n) is 12.8. The molecule has 1 N–H and O–H groups in total. The van der Waals surface area contributed by atoms with Crippen LogP contribution in [0.5, 0.6) is 0 Å². The lowest BCUT2D eigenvalue weighted by Crippen LogP contribution is -2.35. The van der Waals surface area contributed by atoms with Crippen molar-refractivity contribution in [3.8, 4) is 0 Å². The number of rotatable bonds is 5. The van der Waals surface area contributed by atoms with Crippen molar-refractivity contribution in [3.05, 3.63) is 71.3 Å². The molecule has 1 aliphatic rings. The number of nitrogens with one attached hydrogen (secondary N) is 1. The van der Waals surface area contributed by atoms with E-state index in [1.165, 1.54) is 35.4 Å². The van der Waals surface area contributed by atoms with Crippen LogP contribution >= 0.6 is 11.6 Å². The maximum absolute atomic E-state index is 12.6. The molecular weight excluding hydrogens is 346 g/mol. The highest BCUT2D eigenvalue weighted by molar-refractivity contribution is 7.89. The van der Waals surface area contributed by atoms with Crippen molar-refractivity contribution in [2.24, 2.45) is 0 Å². The minimum atomic E-state index is -3.62. The summed E-state index contributed by atoms with van der Waals surface area (Å²) < 4.78 is 28.0. The van der Waals surface area contributed by atoms with Crippen LogP contribution < -0.4 is 4.72 Å². The molecule has 0 heterocycles. The lowest BCUT2D eigenvalue weighted by molar-refractivity contribution is -0.107. The van der Waals surface area contributed by atoms with Crippen molar-refractivity contribution in [1.82, 2.24) is 4.72 Å². The fraction of sp³-hybridized carbons (Fsp3) is 0.167. The number of hydrogen-bond acceptors (Lipinski definition) is 3. The predicted octanol–water partition coefficient (Wildman–Crippen LogP) is 2.91. The molecule has 0 radical (unpaired) electrons. The van der Waals surface area contributed by atoms with Gasteiger partial charge in [0.2, 0.25) is 15.3 Å². The van der Waals surface area contributed by atoms with E-state index in [1.54, 1.807) is 12.1 Å². The number of carbonyl (C=O) groups excluding carboxylic acids is 1. The van der Waals surface area contributed by atoms with Gasteiger partial charge in [-0.2, -0.15) is 0 Å². The Balaban J connectivity index is 1.77. The van der Waals surface area contributed by atoms with Crippen LogP contribution in [0.2, 0.25) is 0 Å². The van der Waals surface area contributed by atoms with Crippen molar-refractivity contribution in [2.45, 2.75) is 23.8 Å². The number of benzene rings is 2. The first-order valence-electron chi connectivity index (χ1n) is 7.51. The SMILES string of the molecule is O=C(Cl)/C=C/c1cccc(S(=O)(=O)NC2Cc3ccccc3C2)c1. The Morgan fingerprint density at radius 1 is 1.08 bits per heavy atom. The first kappa shape index (κ1) is 16.9. The number of sulfonamides is 1. The summed E-state index contributed by atoms with van der Waals surface area (Å²) in [6.07, 6.45) is 4.06. The summed E-state index contributed by atoms with van der Waals surface area (Å²) in [6, 6.07) is 14.2. The third kappa shape index (κ3) is 3.93. The Hall–Kier alpha value is -1.95. The summed E-state index contributed by atoms with van der Waals surface area (Å²) in [5.74, 6) is 0. The van der Waals surface area contributed by atoms with Gasteiger partial charge in [0, 0.05) is 6.04 Å². The van der Waals surface area contributed by atoms with E-state index in [0.29, 0.717) is 18.4 Å². The second kappa shape index (κ2) is 6.89. The fourth-order valence-corrected chi connectivity index (χ4v) is 4.23. The Morgan fingerprint density at radius 2 is 1.75 bits per heavy atom. The molecule has 0 atom stereocenters. The van der Waals surface area contributed by atoms with Crippen molar-refractivity contribution in [1.29, 1.82) is 0 Å². The second-order valence-electron chi connectivity index (χ2n) is 5.71. The zero-order valence-corrected chi connectivity index (χ0v) is 14.3. The Morgan fingerprint density at radius 3 is 2.38 bits per heavy atom. The summed E-state index contributed by atoms with van der Waals surface area (Å²) in [7, 11) is -3.62. The number of carbonyl (C=O) groups is 1. The van der Waals surface area contributed by atoms with Gasteiger partial charge in [0.25, 0.3) is 0 Å². The van der Waals surface area contributed by atoms with E-state index in [2.05, 4.69) is 4.72 Å². The van der Waals surface area contributed by atoms with E-state index in [-0.39, 0.29) is 10.9 Å². The molecule has 0 amide bonds. The minimum absolute atomic E-state index is 0.143. The topological polar surface area (TPSA) is 63.2 Å². The summed E-state index contributed by atoms with van der Waals surface area (Å²) in [4.78, 5) is 11.0. The number of allylic oxidation sites excluding steroid dienone is 1. The molecular formula is C18H16ClNO3S. The molecule has 2 aromatic rings. The molecule has 0 saturated carbocycles. The molecule has 0 aromatic heterocycles.